The first kappa shape index (κ1) is 21.1. The van der Waals surface area contributed by atoms with Gasteiger partial charge in [0.1, 0.15) is 0 Å². The molecule has 2 unspecified atom stereocenters. The van der Waals surface area contributed by atoms with Gasteiger partial charge in [0.05, 0.1) is 0 Å². The molecule has 0 nitrogen and oxygen atoms in total. The third kappa shape index (κ3) is 5.96. The summed E-state index contributed by atoms with van der Waals surface area (Å²) in [7, 11) is 0.304. The van der Waals surface area contributed by atoms with Gasteiger partial charge in [0.25, 0.3) is 0 Å². The molecule has 0 bridgehead atoms. The molecule has 4 fully saturated rings. The molecule has 0 radical (unpaired) electrons. The average molecular weight is 379 g/mol. The molecule has 0 N–H and O–H groups in total. The van der Waals surface area contributed by atoms with Crippen LogP contribution in [0.1, 0.15) is 129 Å². The predicted molar refractivity (Wildman–Crippen MR) is 120 cm³/mol. The zero-order valence-electron chi connectivity index (χ0n) is 18.1. The molecule has 3 atom stereocenters. The highest BCUT2D eigenvalue weighted by Gasteiger charge is 2.40. The Morgan fingerprint density at radius 2 is 0.962 bits per heavy atom. The van der Waals surface area contributed by atoms with E-state index < -0.39 is 0 Å². The molecule has 1 heteroatoms. The van der Waals surface area contributed by atoms with Crippen molar-refractivity contribution in [3.05, 3.63) is 0 Å². The van der Waals surface area contributed by atoms with Gasteiger partial charge in [0.2, 0.25) is 0 Å². The van der Waals surface area contributed by atoms with Gasteiger partial charge >= 0.3 is 0 Å². The van der Waals surface area contributed by atoms with Gasteiger partial charge in [-0.15, -0.1) is 0 Å². The number of rotatable bonds is 4. The van der Waals surface area contributed by atoms with E-state index in [1.165, 1.54) is 57.8 Å². The van der Waals surface area contributed by atoms with E-state index in [0.29, 0.717) is 7.92 Å². The molecule has 4 saturated carbocycles. The highest BCUT2D eigenvalue weighted by atomic mass is 31.1. The van der Waals surface area contributed by atoms with E-state index in [1.54, 1.807) is 57.8 Å². The fraction of sp³-hybridized carbons (Fsp3) is 1.00. The van der Waals surface area contributed by atoms with Crippen LogP contribution < -0.4 is 0 Å². The van der Waals surface area contributed by atoms with Gasteiger partial charge in [-0.3, -0.25) is 0 Å². The SMILES string of the molecule is C1CCCC1.CC1CCCC1[C@@H](C)P(C1CCCCC1)C1CCCCC1. The molecular formula is C25H47P. The molecule has 0 aromatic carbocycles. The molecule has 0 aromatic rings. The van der Waals surface area contributed by atoms with E-state index >= 15 is 0 Å². The number of hydrogen-bond acceptors (Lipinski definition) is 0. The molecule has 0 spiro atoms. The van der Waals surface area contributed by atoms with Crippen molar-refractivity contribution in [2.24, 2.45) is 11.8 Å². The van der Waals surface area contributed by atoms with Crippen LogP contribution in [0, 0.1) is 11.8 Å². The summed E-state index contributed by atoms with van der Waals surface area (Å²) >= 11 is 0. The summed E-state index contributed by atoms with van der Waals surface area (Å²) in [4.78, 5) is 0. The van der Waals surface area contributed by atoms with Gasteiger partial charge in [-0.2, -0.15) is 0 Å². The minimum absolute atomic E-state index is 0.304. The van der Waals surface area contributed by atoms with Gasteiger partial charge in [-0.05, 0) is 60.9 Å². The fourth-order valence-electron chi connectivity index (χ4n) is 6.72. The Morgan fingerprint density at radius 3 is 1.35 bits per heavy atom. The summed E-state index contributed by atoms with van der Waals surface area (Å²) in [6.07, 6.45) is 27.7. The van der Waals surface area contributed by atoms with Crippen molar-refractivity contribution in [1.29, 1.82) is 0 Å². The minimum Gasteiger partial charge on any atom is -0.0971 e. The van der Waals surface area contributed by atoms with Crippen LogP contribution in [-0.4, -0.2) is 17.0 Å². The standard InChI is InChI=1S/C20H37P.C5H10/c1-16-10-9-15-20(16)17(2)21(18-11-5-3-6-12-18)19-13-7-4-8-14-19;1-2-4-5-3-1/h16-20H,3-15H2,1-2H3;1-5H2/t16?,17-,20?;/m1./s1. The van der Waals surface area contributed by atoms with Crippen LogP contribution in [-0.2, 0) is 0 Å². The summed E-state index contributed by atoms with van der Waals surface area (Å²) in [5, 5.41) is 0. The summed E-state index contributed by atoms with van der Waals surface area (Å²) in [6, 6.07) is 0. The van der Waals surface area contributed by atoms with Crippen molar-refractivity contribution in [2.75, 3.05) is 0 Å². The van der Waals surface area contributed by atoms with Gasteiger partial charge in [0, 0.05) is 0 Å². The lowest BCUT2D eigenvalue weighted by molar-refractivity contribution is 0.402. The first-order valence-electron chi connectivity index (χ1n) is 12.5. The molecule has 152 valence electrons. The third-order valence-electron chi connectivity index (χ3n) is 8.26. The molecule has 0 aromatic heterocycles. The first-order valence-corrected chi connectivity index (χ1v) is 14.1. The van der Waals surface area contributed by atoms with Crippen molar-refractivity contribution in [2.45, 2.75) is 146 Å². The second-order valence-electron chi connectivity index (χ2n) is 10.1. The number of hydrogen-bond donors (Lipinski definition) is 0. The van der Waals surface area contributed by atoms with Gasteiger partial charge in [-0.25, -0.2) is 0 Å². The summed E-state index contributed by atoms with van der Waals surface area (Å²) < 4.78 is 0. The average Bonchev–Trinajstić information content (AvgIpc) is 3.38. The maximum atomic E-state index is 2.70. The van der Waals surface area contributed by atoms with Crippen LogP contribution in [0.25, 0.3) is 0 Å². The van der Waals surface area contributed by atoms with Crippen molar-refractivity contribution in [3.8, 4) is 0 Å². The van der Waals surface area contributed by atoms with Crippen LogP contribution in [0.15, 0.2) is 0 Å². The van der Waals surface area contributed by atoms with Gasteiger partial charge < -0.3 is 0 Å². The van der Waals surface area contributed by atoms with E-state index in [9.17, 15) is 0 Å². The van der Waals surface area contributed by atoms with Crippen LogP contribution >= 0.6 is 7.92 Å². The Bertz CT molecular complexity index is 337. The van der Waals surface area contributed by atoms with E-state index in [2.05, 4.69) is 13.8 Å². The van der Waals surface area contributed by atoms with Gasteiger partial charge in [-0.1, -0.05) is 105 Å². The molecule has 26 heavy (non-hydrogen) atoms. The van der Waals surface area contributed by atoms with Crippen molar-refractivity contribution in [3.63, 3.8) is 0 Å². The smallest absolute Gasteiger partial charge is 0.0202 e. The Hall–Kier alpha value is 0.430. The Labute approximate surface area is 166 Å². The summed E-state index contributed by atoms with van der Waals surface area (Å²) in [6.45, 7) is 5.25. The third-order valence-corrected chi connectivity index (χ3v) is 12.3. The van der Waals surface area contributed by atoms with E-state index in [4.69, 9.17) is 0 Å². The lowest BCUT2D eigenvalue weighted by Gasteiger charge is -2.44. The van der Waals surface area contributed by atoms with Crippen LogP contribution in [0.4, 0.5) is 0 Å². The molecule has 0 amide bonds. The maximum Gasteiger partial charge on any atom is -0.0202 e. The van der Waals surface area contributed by atoms with E-state index in [-0.39, 0.29) is 0 Å². The minimum atomic E-state index is 0.304. The molecule has 4 aliphatic rings. The Morgan fingerprint density at radius 1 is 0.538 bits per heavy atom. The predicted octanol–water partition coefficient (Wildman–Crippen LogP) is 8.91. The largest absolute Gasteiger partial charge is 0.0971 e. The fourth-order valence-corrected chi connectivity index (χ4v) is 11.5. The van der Waals surface area contributed by atoms with Crippen LogP contribution in [0.3, 0.4) is 0 Å². The lowest BCUT2D eigenvalue weighted by atomic mass is 9.95. The second kappa shape index (κ2) is 11.4. The highest BCUT2D eigenvalue weighted by Crippen LogP contribution is 2.62. The zero-order valence-corrected chi connectivity index (χ0v) is 19.0. The van der Waals surface area contributed by atoms with Crippen molar-refractivity contribution < 1.29 is 0 Å². The van der Waals surface area contributed by atoms with Crippen molar-refractivity contribution in [1.82, 2.24) is 0 Å². The second-order valence-corrected chi connectivity index (χ2v) is 13.3. The molecule has 0 aliphatic heterocycles. The Kier molecular flexibility index (Phi) is 9.30. The van der Waals surface area contributed by atoms with E-state index in [1.807, 2.05) is 0 Å². The van der Waals surface area contributed by atoms with Crippen LogP contribution in [0.5, 0.6) is 0 Å². The zero-order chi connectivity index (χ0) is 18.2. The first-order chi connectivity index (χ1) is 12.8. The molecule has 4 rings (SSSR count). The normalized spacial score (nSPS) is 32.4. The van der Waals surface area contributed by atoms with E-state index in [0.717, 1.165) is 28.8 Å². The molecular weight excluding hydrogens is 331 g/mol. The van der Waals surface area contributed by atoms with Crippen molar-refractivity contribution >= 4 is 7.92 Å². The molecule has 4 aliphatic carbocycles. The maximum absolute atomic E-state index is 2.70. The van der Waals surface area contributed by atoms with Gasteiger partial charge in [0.15, 0.2) is 0 Å². The summed E-state index contributed by atoms with van der Waals surface area (Å²) in [5.74, 6) is 2.11. The Balaban J connectivity index is 0.000000339. The monoisotopic (exact) mass is 378 g/mol. The lowest BCUT2D eigenvalue weighted by Crippen LogP contribution is -2.30. The molecule has 0 heterocycles. The quantitative estimate of drug-likeness (QED) is 0.428. The highest BCUT2D eigenvalue weighted by molar-refractivity contribution is 7.59. The topological polar surface area (TPSA) is 0 Å². The van der Waals surface area contributed by atoms with Crippen LogP contribution in [0.2, 0.25) is 0 Å². The molecule has 0 saturated heterocycles. The summed E-state index contributed by atoms with van der Waals surface area (Å²) in [5.41, 5.74) is 3.38.